The number of nitrogens with zero attached hydrogens (tertiary/aromatic N) is 1. The van der Waals surface area contributed by atoms with E-state index in [1.165, 1.54) is 11.8 Å². The van der Waals surface area contributed by atoms with Gasteiger partial charge in [0, 0.05) is 4.90 Å². The average molecular weight is 271 g/mol. The van der Waals surface area contributed by atoms with E-state index in [0.717, 1.165) is 21.6 Å². The molecule has 1 atom stereocenters. The highest BCUT2D eigenvalue weighted by Crippen LogP contribution is 2.30. The predicted octanol–water partition coefficient (Wildman–Crippen LogP) is 4.03. The molecule has 0 aliphatic carbocycles. The van der Waals surface area contributed by atoms with E-state index >= 15 is 0 Å². The summed E-state index contributed by atoms with van der Waals surface area (Å²) in [6.07, 6.45) is -0.441. The van der Waals surface area contributed by atoms with Crippen molar-refractivity contribution in [2.75, 3.05) is 0 Å². The molecule has 0 spiro atoms. The Bertz CT molecular complexity index is 656. The lowest BCUT2D eigenvalue weighted by molar-refractivity contribution is 0.199. The van der Waals surface area contributed by atoms with E-state index in [9.17, 15) is 5.11 Å². The quantitative estimate of drug-likeness (QED) is 0.781. The van der Waals surface area contributed by atoms with E-state index in [-0.39, 0.29) is 0 Å². The van der Waals surface area contributed by atoms with Crippen LogP contribution in [0.2, 0.25) is 0 Å². The Morgan fingerprint density at radius 1 is 1.11 bits per heavy atom. The van der Waals surface area contributed by atoms with Crippen LogP contribution in [-0.4, -0.2) is 10.1 Å². The van der Waals surface area contributed by atoms with Crippen LogP contribution in [0.3, 0.4) is 0 Å². The van der Waals surface area contributed by atoms with Crippen molar-refractivity contribution in [2.24, 2.45) is 0 Å². The molecule has 0 saturated carbocycles. The summed E-state index contributed by atoms with van der Waals surface area (Å²) in [6, 6.07) is 15.5. The molecule has 0 aliphatic heterocycles. The molecule has 3 rings (SSSR count). The van der Waals surface area contributed by atoms with Crippen molar-refractivity contribution >= 4 is 22.9 Å². The Kier molecular flexibility index (Phi) is 3.27. The van der Waals surface area contributed by atoms with Gasteiger partial charge in [-0.2, -0.15) is 0 Å². The van der Waals surface area contributed by atoms with Gasteiger partial charge in [-0.3, -0.25) is 0 Å². The topological polar surface area (TPSA) is 46.3 Å². The Hall–Kier alpha value is -1.78. The van der Waals surface area contributed by atoms with Crippen molar-refractivity contribution in [2.45, 2.75) is 23.1 Å². The van der Waals surface area contributed by atoms with Crippen LogP contribution in [-0.2, 0) is 0 Å². The van der Waals surface area contributed by atoms with Crippen LogP contribution >= 0.6 is 11.8 Å². The molecule has 0 bridgehead atoms. The van der Waals surface area contributed by atoms with Gasteiger partial charge in [-0.25, -0.2) is 4.98 Å². The summed E-state index contributed by atoms with van der Waals surface area (Å²) in [4.78, 5) is 5.45. The predicted molar refractivity (Wildman–Crippen MR) is 75.2 cm³/mol. The zero-order valence-electron chi connectivity index (χ0n) is 10.4. The largest absolute Gasteiger partial charge is 0.431 e. The minimum absolute atomic E-state index is 0.441. The monoisotopic (exact) mass is 271 g/mol. The minimum atomic E-state index is -0.441. The second-order valence-electron chi connectivity index (χ2n) is 4.29. The molecule has 0 aliphatic rings. The number of hydrogen-bond donors (Lipinski definition) is 1. The number of para-hydroxylation sites is 2. The van der Waals surface area contributed by atoms with Gasteiger partial charge in [0.2, 0.25) is 0 Å². The third-order valence-electron chi connectivity index (χ3n) is 2.84. The van der Waals surface area contributed by atoms with E-state index in [1.54, 1.807) is 6.92 Å². The summed E-state index contributed by atoms with van der Waals surface area (Å²) in [6.45, 7) is 1.75. The van der Waals surface area contributed by atoms with E-state index in [1.807, 2.05) is 48.5 Å². The van der Waals surface area contributed by atoms with Gasteiger partial charge in [-0.1, -0.05) is 24.3 Å². The number of aliphatic hydroxyl groups is 1. The zero-order chi connectivity index (χ0) is 13.2. The molecule has 0 fully saturated rings. The van der Waals surface area contributed by atoms with Crippen LogP contribution in [0.15, 0.2) is 63.1 Å². The Labute approximate surface area is 115 Å². The number of aliphatic hydroxyl groups excluding tert-OH is 1. The van der Waals surface area contributed by atoms with E-state index in [4.69, 9.17) is 4.42 Å². The van der Waals surface area contributed by atoms with Gasteiger partial charge in [-0.15, -0.1) is 0 Å². The van der Waals surface area contributed by atoms with Crippen LogP contribution in [0.4, 0.5) is 0 Å². The number of oxazole rings is 1. The Morgan fingerprint density at radius 2 is 1.84 bits per heavy atom. The summed E-state index contributed by atoms with van der Waals surface area (Å²) < 4.78 is 5.65. The Balaban J connectivity index is 1.84. The first-order chi connectivity index (χ1) is 9.22. The molecule has 4 heteroatoms. The third-order valence-corrected chi connectivity index (χ3v) is 3.70. The fourth-order valence-corrected chi connectivity index (χ4v) is 2.56. The Morgan fingerprint density at radius 3 is 2.53 bits per heavy atom. The number of hydrogen-bond acceptors (Lipinski definition) is 4. The maximum atomic E-state index is 9.46. The lowest BCUT2D eigenvalue weighted by atomic mass is 10.1. The second kappa shape index (κ2) is 5.07. The van der Waals surface area contributed by atoms with Gasteiger partial charge in [0.05, 0.1) is 6.10 Å². The summed E-state index contributed by atoms with van der Waals surface area (Å²) in [7, 11) is 0. The lowest BCUT2D eigenvalue weighted by Crippen LogP contribution is -1.89. The minimum Gasteiger partial charge on any atom is -0.431 e. The van der Waals surface area contributed by atoms with Gasteiger partial charge < -0.3 is 9.52 Å². The summed E-state index contributed by atoms with van der Waals surface area (Å²) in [5, 5.41) is 10.1. The number of aromatic nitrogens is 1. The molecule has 1 aromatic heterocycles. The van der Waals surface area contributed by atoms with Crippen molar-refractivity contribution in [3.63, 3.8) is 0 Å². The molecule has 0 amide bonds. The molecule has 0 saturated heterocycles. The molecule has 3 aromatic rings. The van der Waals surface area contributed by atoms with Gasteiger partial charge in [0.1, 0.15) is 5.52 Å². The fraction of sp³-hybridized carbons (Fsp3) is 0.133. The lowest BCUT2D eigenvalue weighted by Gasteiger charge is -2.04. The van der Waals surface area contributed by atoms with Gasteiger partial charge in [0.15, 0.2) is 5.58 Å². The van der Waals surface area contributed by atoms with Crippen LogP contribution in [0.5, 0.6) is 0 Å². The fourth-order valence-electron chi connectivity index (χ4n) is 1.81. The first kappa shape index (κ1) is 12.3. The number of fused-ring (bicyclic) bond motifs is 1. The van der Waals surface area contributed by atoms with Crippen molar-refractivity contribution in [1.29, 1.82) is 0 Å². The average Bonchev–Trinajstić information content (AvgIpc) is 2.81. The third kappa shape index (κ3) is 2.64. The molecular formula is C15H13NO2S. The molecular weight excluding hydrogens is 258 g/mol. The van der Waals surface area contributed by atoms with Crippen molar-refractivity contribution in [1.82, 2.24) is 4.98 Å². The first-order valence-corrected chi connectivity index (χ1v) is 6.85. The van der Waals surface area contributed by atoms with Crippen LogP contribution < -0.4 is 0 Å². The van der Waals surface area contributed by atoms with Crippen LogP contribution in [0.25, 0.3) is 11.1 Å². The van der Waals surface area contributed by atoms with Gasteiger partial charge in [0.25, 0.3) is 5.22 Å². The second-order valence-corrected chi connectivity index (χ2v) is 5.32. The number of benzene rings is 2. The SMILES string of the molecule is CC(O)c1ccc(Sc2nc3ccccc3o2)cc1. The summed E-state index contributed by atoms with van der Waals surface area (Å²) in [5.74, 6) is 0. The number of rotatable bonds is 3. The van der Waals surface area contributed by atoms with Crippen LogP contribution in [0, 0.1) is 0 Å². The smallest absolute Gasteiger partial charge is 0.261 e. The maximum absolute atomic E-state index is 9.46. The van der Waals surface area contributed by atoms with Crippen LogP contribution in [0.1, 0.15) is 18.6 Å². The standard InChI is InChI=1S/C15H13NO2S/c1-10(17)11-6-8-12(9-7-11)19-15-16-13-4-2-3-5-14(13)18-15/h2-10,17H,1H3. The summed E-state index contributed by atoms with van der Waals surface area (Å²) >= 11 is 1.47. The molecule has 1 heterocycles. The summed E-state index contributed by atoms with van der Waals surface area (Å²) in [5.41, 5.74) is 2.57. The van der Waals surface area contributed by atoms with Gasteiger partial charge >= 0.3 is 0 Å². The highest BCUT2D eigenvalue weighted by Gasteiger charge is 2.07. The van der Waals surface area contributed by atoms with Crippen molar-refractivity contribution in [3.8, 4) is 0 Å². The molecule has 1 unspecified atom stereocenters. The highest BCUT2D eigenvalue weighted by atomic mass is 32.2. The molecule has 96 valence electrons. The van der Waals surface area contributed by atoms with E-state index < -0.39 is 6.10 Å². The van der Waals surface area contributed by atoms with Crippen molar-refractivity contribution < 1.29 is 9.52 Å². The van der Waals surface area contributed by atoms with E-state index in [2.05, 4.69) is 4.98 Å². The maximum Gasteiger partial charge on any atom is 0.261 e. The molecule has 1 N–H and O–H groups in total. The molecule has 19 heavy (non-hydrogen) atoms. The first-order valence-electron chi connectivity index (χ1n) is 6.04. The zero-order valence-corrected chi connectivity index (χ0v) is 11.2. The molecule has 0 radical (unpaired) electrons. The molecule has 2 aromatic carbocycles. The molecule has 3 nitrogen and oxygen atoms in total. The normalized spacial score (nSPS) is 12.7. The highest BCUT2D eigenvalue weighted by molar-refractivity contribution is 7.99. The van der Waals surface area contributed by atoms with Crippen molar-refractivity contribution in [3.05, 3.63) is 54.1 Å². The van der Waals surface area contributed by atoms with E-state index in [0.29, 0.717) is 5.22 Å². The van der Waals surface area contributed by atoms with Gasteiger partial charge in [-0.05, 0) is 48.5 Å².